The van der Waals surface area contributed by atoms with Crippen LogP contribution in [0.15, 0.2) is 0 Å². The smallest absolute Gasteiger partial charge is 0.0623 e. The summed E-state index contributed by atoms with van der Waals surface area (Å²) in [5, 5.41) is 3.61. The number of ether oxygens (including phenoxy) is 1. The van der Waals surface area contributed by atoms with Gasteiger partial charge in [0.25, 0.3) is 0 Å². The zero-order valence-corrected chi connectivity index (χ0v) is 11.2. The molecule has 0 spiro atoms. The second-order valence-corrected chi connectivity index (χ2v) is 4.94. The van der Waals surface area contributed by atoms with Crippen LogP contribution >= 0.6 is 0 Å². The standard InChI is InChI=1S/C13H29NO/c1-6-8-12(14-11-7-2)9-10-13(3,4)15-5/h12,14H,6-11H2,1-5H3. The number of nitrogens with one attached hydrogen (secondary N) is 1. The van der Waals surface area contributed by atoms with E-state index in [-0.39, 0.29) is 5.60 Å². The van der Waals surface area contributed by atoms with Crippen molar-refractivity contribution in [2.45, 2.75) is 71.4 Å². The van der Waals surface area contributed by atoms with Gasteiger partial charge in [0.2, 0.25) is 0 Å². The zero-order valence-electron chi connectivity index (χ0n) is 11.2. The van der Waals surface area contributed by atoms with Crippen LogP contribution < -0.4 is 5.32 Å². The summed E-state index contributed by atoms with van der Waals surface area (Å²) in [4.78, 5) is 0. The summed E-state index contributed by atoms with van der Waals surface area (Å²) < 4.78 is 5.44. The van der Waals surface area contributed by atoms with Crippen molar-refractivity contribution in [2.24, 2.45) is 0 Å². The number of hydrogen-bond acceptors (Lipinski definition) is 2. The van der Waals surface area contributed by atoms with E-state index < -0.39 is 0 Å². The molecule has 15 heavy (non-hydrogen) atoms. The van der Waals surface area contributed by atoms with Crippen molar-refractivity contribution in [1.82, 2.24) is 5.32 Å². The number of hydrogen-bond donors (Lipinski definition) is 1. The van der Waals surface area contributed by atoms with Gasteiger partial charge in [0, 0.05) is 13.2 Å². The van der Waals surface area contributed by atoms with Gasteiger partial charge in [-0.15, -0.1) is 0 Å². The summed E-state index contributed by atoms with van der Waals surface area (Å²) >= 11 is 0. The molecular weight excluding hydrogens is 186 g/mol. The third kappa shape index (κ3) is 7.80. The summed E-state index contributed by atoms with van der Waals surface area (Å²) in [5.41, 5.74) is 0.0277. The molecule has 0 radical (unpaired) electrons. The molecule has 0 aliphatic carbocycles. The highest BCUT2D eigenvalue weighted by molar-refractivity contribution is 4.74. The van der Waals surface area contributed by atoms with Crippen molar-refractivity contribution in [3.05, 3.63) is 0 Å². The minimum atomic E-state index is 0.0277. The molecular formula is C13H29NO. The fraction of sp³-hybridized carbons (Fsp3) is 1.00. The third-order valence-electron chi connectivity index (χ3n) is 2.97. The van der Waals surface area contributed by atoms with Crippen LogP contribution in [0.3, 0.4) is 0 Å². The maximum absolute atomic E-state index is 5.44. The van der Waals surface area contributed by atoms with Crippen LogP contribution in [0.1, 0.15) is 59.8 Å². The van der Waals surface area contributed by atoms with Crippen LogP contribution in [0.25, 0.3) is 0 Å². The Bertz CT molecular complexity index is 145. The predicted octanol–water partition coefficient (Wildman–Crippen LogP) is 3.36. The Morgan fingerprint density at radius 2 is 1.80 bits per heavy atom. The fourth-order valence-electron chi connectivity index (χ4n) is 1.67. The van der Waals surface area contributed by atoms with Crippen molar-refractivity contribution < 1.29 is 4.74 Å². The van der Waals surface area contributed by atoms with Crippen LogP contribution in [0.2, 0.25) is 0 Å². The van der Waals surface area contributed by atoms with Gasteiger partial charge in [0.15, 0.2) is 0 Å². The van der Waals surface area contributed by atoms with Gasteiger partial charge in [0.05, 0.1) is 5.60 Å². The molecule has 0 aliphatic rings. The second-order valence-electron chi connectivity index (χ2n) is 4.94. The normalized spacial score (nSPS) is 14.2. The molecule has 0 aromatic heterocycles. The van der Waals surface area contributed by atoms with Crippen molar-refractivity contribution in [1.29, 1.82) is 0 Å². The average molecular weight is 215 g/mol. The molecule has 92 valence electrons. The van der Waals surface area contributed by atoms with Crippen LogP contribution in [0.5, 0.6) is 0 Å². The molecule has 0 rings (SSSR count). The molecule has 0 aromatic rings. The van der Waals surface area contributed by atoms with Gasteiger partial charge < -0.3 is 10.1 Å². The lowest BCUT2D eigenvalue weighted by Crippen LogP contribution is -2.33. The Morgan fingerprint density at radius 1 is 1.13 bits per heavy atom. The lowest BCUT2D eigenvalue weighted by atomic mass is 9.96. The third-order valence-corrected chi connectivity index (χ3v) is 2.97. The van der Waals surface area contributed by atoms with E-state index >= 15 is 0 Å². The van der Waals surface area contributed by atoms with Gasteiger partial charge >= 0.3 is 0 Å². The van der Waals surface area contributed by atoms with Gasteiger partial charge in [-0.2, -0.15) is 0 Å². The van der Waals surface area contributed by atoms with E-state index in [4.69, 9.17) is 4.74 Å². The van der Waals surface area contributed by atoms with E-state index in [1.807, 2.05) is 0 Å². The van der Waals surface area contributed by atoms with E-state index in [1.165, 1.54) is 25.7 Å². The van der Waals surface area contributed by atoms with Crippen molar-refractivity contribution in [3.8, 4) is 0 Å². The SMILES string of the molecule is CCCNC(CCC)CCC(C)(C)OC. The molecule has 2 nitrogen and oxygen atoms in total. The summed E-state index contributed by atoms with van der Waals surface area (Å²) in [6, 6.07) is 0.671. The monoisotopic (exact) mass is 215 g/mol. The Hall–Kier alpha value is -0.0800. The second kappa shape index (κ2) is 8.12. The molecule has 0 heterocycles. The summed E-state index contributed by atoms with van der Waals surface area (Å²) in [5.74, 6) is 0. The summed E-state index contributed by atoms with van der Waals surface area (Å²) in [6.45, 7) is 9.93. The molecule has 0 saturated heterocycles. The minimum Gasteiger partial charge on any atom is -0.379 e. The average Bonchev–Trinajstić information content (AvgIpc) is 2.22. The van der Waals surface area contributed by atoms with Crippen molar-refractivity contribution >= 4 is 0 Å². The molecule has 0 aromatic carbocycles. The Labute approximate surface area is 95.8 Å². The molecule has 0 aliphatic heterocycles. The molecule has 1 unspecified atom stereocenters. The van der Waals surface area contributed by atoms with Crippen LogP contribution in [0.4, 0.5) is 0 Å². The van der Waals surface area contributed by atoms with Gasteiger partial charge in [-0.05, 0) is 46.1 Å². The van der Waals surface area contributed by atoms with E-state index in [0.717, 1.165) is 13.0 Å². The topological polar surface area (TPSA) is 21.3 Å². The highest BCUT2D eigenvalue weighted by Crippen LogP contribution is 2.18. The lowest BCUT2D eigenvalue weighted by molar-refractivity contribution is 0.0115. The van der Waals surface area contributed by atoms with Gasteiger partial charge in [0.1, 0.15) is 0 Å². The predicted molar refractivity (Wildman–Crippen MR) is 67.3 cm³/mol. The van der Waals surface area contributed by atoms with E-state index in [9.17, 15) is 0 Å². The van der Waals surface area contributed by atoms with E-state index in [1.54, 1.807) is 7.11 Å². The Kier molecular flexibility index (Phi) is 8.07. The van der Waals surface area contributed by atoms with Crippen LogP contribution in [-0.2, 0) is 4.74 Å². The Balaban J connectivity index is 3.83. The zero-order chi connectivity index (χ0) is 11.7. The molecule has 1 atom stereocenters. The van der Waals surface area contributed by atoms with E-state index in [2.05, 4.69) is 33.0 Å². The van der Waals surface area contributed by atoms with Crippen LogP contribution in [0, 0.1) is 0 Å². The first kappa shape index (κ1) is 14.9. The largest absolute Gasteiger partial charge is 0.379 e. The maximum atomic E-state index is 5.44. The Morgan fingerprint density at radius 3 is 2.27 bits per heavy atom. The summed E-state index contributed by atoms with van der Waals surface area (Å²) in [7, 11) is 1.80. The first-order valence-electron chi connectivity index (χ1n) is 6.34. The van der Waals surface area contributed by atoms with Gasteiger partial charge in [-0.3, -0.25) is 0 Å². The fourth-order valence-corrected chi connectivity index (χ4v) is 1.67. The molecule has 1 N–H and O–H groups in total. The molecule has 0 amide bonds. The summed E-state index contributed by atoms with van der Waals surface area (Å²) in [6.07, 6.45) is 6.10. The van der Waals surface area contributed by atoms with Gasteiger partial charge in [-0.25, -0.2) is 0 Å². The first-order chi connectivity index (χ1) is 7.05. The molecule has 0 fully saturated rings. The molecule has 0 saturated carbocycles. The highest BCUT2D eigenvalue weighted by Gasteiger charge is 2.18. The van der Waals surface area contributed by atoms with E-state index in [0.29, 0.717) is 6.04 Å². The number of rotatable bonds is 9. The highest BCUT2D eigenvalue weighted by atomic mass is 16.5. The van der Waals surface area contributed by atoms with Crippen molar-refractivity contribution in [3.63, 3.8) is 0 Å². The quantitative estimate of drug-likeness (QED) is 0.637. The van der Waals surface area contributed by atoms with Gasteiger partial charge in [-0.1, -0.05) is 20.3 Å². The number of methoxy groups -OCH3 is 1. The maximum Gasteiger partial charge on any atom is 0.0623 e. The van der Waals surface area contributed by atoms with Crippen LogP contribution in [-0.4, -0.2) is 25.3 Å². The lowest BCUT2D eigenvalue weighted by Gasteiger charge is -2.26. The minimum absolute atomic E-state index is 0.0277. The van der Waals surface area contributed by atoms with Crippen molar-refractivity contribution in [2.75, 3.05) is 13.7 Å². The molecule has 0 bridgehead atoms. The first-order valence-corrected chi connectivity index (χ1v) is 6.34. The molecule has 2 heteroatoms.